The first-order valence-corrected chi connectivity index (χ1v) is 5.84. The largest absolute Gasteiger partial charge is 0.481 e. The van der Waals surface area contributed by atoms with E-state index < -0.39 is 17.3 Å². The topological polar surface area (TPSA) is 88.4 Å². The van der Waals surface area contributed by atoms with Crippen molar-refractivity contribution in [3.63, 3.8) is 0 Å². The molecule has 0 unspecified atom stereocenters. The molecule has 0 fully saturated rings. The molecule has 0 saturated heterocycles. The van der Waals surface area contributed by atoms with Crippen LogP contribution in [-0.4, -0.2) is 33.9 Å². The second-order valence-electron chi connectivity index (χ2n) is 5.15. The Hall–Kier alpha value is -2.11. The molecular formula is C13H18N2O4. The minimum atomic E-state index is -1.04. The minimum absolute atomic E-state index is 0.0156. The molecule has 1 aromatic heterocycles. The smallest absolute Gasteiger partial charge is 0.310 e. The summed E-state index contributed by atoms with van der Waals surface area (Å²) in [6.45, 7) is 4.50. The average Bonchev–Trinajstić information content (AvgIpc) is 2.68. The van der Waals surface area contributed by atoms with Gasteiger partial charge in [0.1, 0.15) is 5.69 Å². The summed E-state index contributed by atoms with van der Waals surface area (Å²) in [6.07, 6.45) is 1.57. The Morgan fingerprint density at radius 1 is 1.37 bits per heavy atom. The van der Waals surface area contributed by atoms with Crippen LogP contribution >= 0.6 is 0 Å². The minimum Gasteiger partial charge on any atom is -0.481 e. The highest BCUT2D eigenvalue weighted by molar-refractivity contribution is 5.99. The van der Waals surface area contributed by atoms with Crippen LogP contribution in [0.15, 0.2) is 12.3 Å². The fraction of sp³-hybridized carbons (Fsp3) is 0.462. The molecule has 0 aromatic carbocycles. The van der Waals surface area contributed by atoms with Crippen LogP contribution in [-0.2, 0) is 11.8 Å². The molecule has 0 aliphatic heterocycles. The van der Waals surface area contributed by atoms with Crippen molar-refractivity contribution in [3.8, 4) is 0 Å². The van der Waals surface area contributed by atoms with Crippen LogP contribution in [0.2, 0.25) is 0 Å². The van der Waals surface area contributed by atoms with Gasteiger partial charge in [0.2, 0.25) is 0 Å². The molecule has 0 spiro atoms. The van der Waals surface area contributed by atoms with Gasteiger partial charge in [0.05, 0.1) is 5.41 Å². The third-order valence-corrected chi connectivity index (χ3v) is 2.91. The predicted octanol–water partition coefficient (Wildman–Crippen LogP) is 1.07. The van der Waals surface area contributed by atoms with E-state index in [0.29, 0.717) is 11.3 Å². The molecule has 0 aliphatic rings. The number of amides is 1. The predicted molar refractivity (Wildman–Crippen MR) is 69.2 cm³/mol. The number of ketones is 1. The third kappa shape index (κ3) is 3.43. The van der Waals surface area contributed by atoms with E-state index in [1.807, 2.05) is 0 Å². The van der Waals surface area contributed by atoms with Crippen molar-refractivity contribution < 1.29 is 19.5 Å². The molecule has 0 radical (unpaired) electrons. The van der Waals surface area contributed by atoms with Gasteiger partial charge >= 0.3 is 5.97 Å². The number of nitrogens with one attached hydrogen (secondary N) is 1. The maximum atomic E-state index is 11.9. The van der Waals surface area contributed by atoms with E-state index >= 15 is 0 Å². The van der Waals surface area contributed by atoms with E-state index in [1.165, 1.54) is 26.8 Å². The summed E-state index contributed by atoms with van der Waals surface area (Å²) < 4.78 is 1.54. The van der Waals surface area contributed by atoms with E-state index in [9.17, 15) is 14.4 Å². The lowest BCUT2D eigenvalue weighted by molar-refractivity contribution is -0.146. The van der Waals surface area contributed by atoms with E-state index in [1.54, 1.807) is 17.8 Å². The van der Waals surface area contributed by atoms with Gasteiger partial charge in [-0.15, -0.1) is 0 Å². The Labute approximate surface area is 111 Å². The molecule has 0 bridgehead atoms. The number of nitrogens with zero attached hydrogens (tertiary/aromatic N) is 1. The maximum absolute atomic E-state index is 11.9. The molecule has 0 atom stereocenters. The lowest BCUT2D eigenvalue weighted by Crippen LogP contribution is -2.39. The first-order chi connectivity index (χ1) is 8.65. The third-order valence-electron chi connectivity index (χ3n) is 2.91. The summed E-state index contributed by atoms with van der Waals surface area (Å²) in [5, 5.41) is 11.5. The van der Waals surface area contributed by atoms with Crippen molar-refractivity contribution in [2.75, 3.05) is 6.54 Å². The zero-order valence-electron chi connectivity index (χ0n) is 11.5. The molecule has 19 heavy (non-hydrogen) atoms. The summed E-state index contributed by atoms with van der Waals surface area (Å²) in [6, 6.07) is 1.49. The Kier molecular flexibility index (Phi) is 4.14. The average molecular weight is 266 g/mol. The van der Waals surface area contributed by atoms with Crippen molar-refractivity contribution in [1.82, 2.24) is 9.88 Å². The Morgan fingerprint density at radius 2 is 1.95 bits per heavy atom. The number of carbonyl (C=O) groups is 3. The molecule has 0 saturated carbocycles. The second-order valence-corrected chi connectivity index (χ2v) is 5.15. The number of aliphatic carboxylic acids is 1. The van der Waals surface area contributed by atoms with Gasteiger partial charge in [0.15, 0.2) is 5.78 Å². The summed E-state index contributed by atoms with van der Waals surface area (Å²) in [7, 11) is 1.66. The quantitative estimate of drug-likeness (QED) is 0.780. The first-order valence-electron chi connectivity index (χ1n) is 5.84. The van der Waals surface area contributed by atoms with Gasteiger partial charge in [-0.2, -0.15) is 0 Å². The monoisotopic (exact) mass is 266 g/mol. The van der Waals surface area contributed by atoms with Crippen molar-refractivity contribution >= 4 is 17.7 Å². The van der Waals surface area contributed by atoms with Gasteiger partial charge in [-0.25, -0.2) is 0 Å². The fourth-order valence-electron chi connectivity index (χ4n) is 1.45. The SMILES string of the molecule is CC(=O)c1cc(C(=O)NCC(C)(C)C(=O)O)n(C)c1. The highest BCUT2D eigenvalue weighted by atomic mass is 16.4. The molecule has 2 N–H and O–H groups in total. The zero-order chi connectivity index (χ0) is 14.8. The van der Waals surface area contributed by atoms with E-state index in [4.69, 9.17) is 5.11 Å². The Bertz CT molecular complexity index is 529. The number of carboxylic acid groups (broad SMARTS) is 1. The highest BCUT2D eigenvalue weighted by Gasteiger charge is 2.28. The van der Waals surface area contributed by atoms with Gasteiger partial charge in [-0.1, -0.05) is 0 Å². The fourth-order valence-corrected chi connectivity index (χ4v) is 1.45. The summed E-state index contributed by atoms with van der Waals surface area (Å²) in [4.78, 5) is 34.1. The maximum Gasteiger partial charge on any atom is 0.310 e. The van der Waals surface area contributed by atoms with Gasteiger partial charge < -0.3 is 15.0 Å². The number of hydrogen-bond acceptors (Lipinski definition) is 3. The molecule has 1 heterocycles. The van der Waals surface area contributed by atoms with Crippen molar-refractivity contribution in [2.24, 2.45) is 12.5 Å². The lowest BCUT2D eigenvalue weighted by atomic mass is 9.94. The highest BCUT2D eigenvalue weighted by Crippen LogP contribution is 2.14. The molecule has 6 heteroatoms. The molecule has 104 valence electrons. The first kappa shape index (κ1) is 14.9. The van der Waals surface area contributed by atoms with Crippen molar-refractivity contribution in [1.29, 1.82) is 0 Å². The molecule has 1 aromatic rings. The second kappa shape index (κ2) is 5.26. The van der Waals surface area contributed by atoms with E-state index in [-0.39, 0.29) is 12.3 Å². The number of carboxylic acids is 1. The molecule has 1 rings (SSSR count). The van der Waals surface area contributed by atoms with Crippen molar-refractivity contribution in [3.05, 3.63) is 23.5 Å². The molecular weight excluding hydrogens is 248 g/mol. The normalized spacial score (nSPS) is 11.2. The Morgan fingerprint density at radius 3 is 2.37 bits per heavy atom. The van der Waals surface area contributed by atoms with Crippen molar-refractivity contribution in [2.45, 2.75) is 20.8 Å². The number of hydrogen-bond donors (Lipinski definition) is 2. The number of aromatic nitrogens is 1. The molecule has 0 aliphatic carbocycles. The van der Waals surface area contributed by atoms with Crippen LogP contribution < -0.4 is 5.32 Å². The van der Waals surface area contributed by atoms with Gasteiger partial charge in [-0.3, -0.25) is 14.4 Å². The Balaban J connectivity index is 2.80. The van der Waals surface area contributed by atoms with Gasteiger partial charge in [0.25, 0.3) is 5.91 Å². The van der Waals surface area contributed by atoms with Crippen LogP contribution in [0.3, 0.4) is 0 Å². The number of rotatable bonds is 5. The van der Waals surface area contributed by atoms with Crippen LogP contribution in [0.4, 0.5) is 0 Å². The van der Waals surface area contributed by atoms with E-state index in [0.717, 1.165) is 0 Å². The van der Waals surface area contributed by atoms with Crippen LogP contribution in [0.1, 0.15) is 41.6 Å². The summed E-state index contributed by atoms with van der Waals surface area (Å²) in [5.74, 6) is -1.51. The summed E-state index contributed by atoms with van der Waals surface area (Å²) in [5.41, 5.74) is -0.263. The number of Topliss-reactive ketones (excluding diaryl/α,β-unsaturated/α-hetero) is 1. The zero-order valence-corrected chi connectivity index (χ0v) is 11.5. The van der Waals surface area contributed by atoms with Crippen LogP contribution in [0.25, 0.3) is 0 Å². The van der Waals surface area contributed by atoms with Gasteiger partial charge in [0, 0.05) is 25.4 Å². The van der Waals surface area contributed by atoms with Crippen LogP contribution in [0.5, 0.6) is 0 Å². The number of carbonyl (C=O) groups excluding carboxylic acids is 2. The summed E-state index contributed by atoms with van der Waals surface area (Å²) >= 11 is 0. The standard InChI is InChI=1S/C13H18N2O4/c1-8(16)9-5-10(15(4)6-9)11(17)14-7-13(2,3)12(18)19/h5-6H,7H2,1-4H3,(H,14,17)(H,18,19). The molecule has 1 amide bonds. The number of aryl methyl sites for hydroxylation is 1. The lowest BCUT2D eigenvalue weighted by Gasteiger charge is -2.19. The molecule has 6 nitrogen and oxygen atoms in total. The van der Waals surface area contributed by atoms with Crippen LogP contribution in [0, 0.1) is 5.41 Å². The van der Waals surface area contributed by atoms with E-state index in [2.05, 4.69) is 5.32 Å². The van der Waals surface area contributed by atoms with Gasteiger partial charge in [-0.05, 0) is 26.8 Å².